The minimum Gasteiger partial charge on any atom is -0.381 e. The molecular formula is C28H27F4N3O3. The Hall–Kier alpha value is -3.45. The van der Waals surface area contributed by atoms with E-state index in [1.807, 2.05) is 13.0 Å². The molecule has 3 atom stereocenters. The summed E-state index contributed by atoms with van der Waals surface area (Å²) in [6.45, 7) is 2.72. The third-order valence-electron chi connectivity index (χ3n) is 7.80. The summed E-state index contributed by atoms with van der Waals surface area (Å²) in [6, 6.07) is 9.80. The quantitative estimate of drug-likeness (QED) is 0.548. The Kier molecular flexibility index (Phi) is 6.68. The summed E-state index contributed by atoms with van der Waals surface area (Å²) >= 11 is 0. The van der Waals surface area contributed by atoms with Gasteiger partial charge in [0.2, 0.25) is 5.91 Å². The van der Waals surface area contributed by atoms with Gasteiger partial charge in [-0.15, -0.1) is 0 Å². The van der Waals surface area contributed by atoms with Gasteiger partial charge in [-0.3, -0.25) is 9.59 Å². The number of amides is 2. The number of halogens is 4. The Morgan fingerprint density at radius 3 is 2.50 bits per heavy atom. The zero-order chi connectivity index (χ0) is 27.2. The number of nitrogens with one attached hydrogen (secondary N) is 1. The van der Waals surface area contributed by atoms with Crippen LogP contribution in [0.25, 0.3) is 0 Å². The molecule has 6 nitrogen and oxygen atoms in total. The highest BCUT2D eigenvalue weighted by atomic mass is 19.4. The Morgan fingerprint density at radius 1 is 1.18 bits per heavy atom. The highest BCUT2D eigenvalue weighted by Gasteiger charge is 2.46. The molecule has 2 amide bonds. The third-order valence-corrected chi connectivity index (χ3v) is 7.80. The number of nitriles is 1. The summed E-state index contributed by atoms with van der Waals surface area (Å²) in [6.07, 6.45) is -2.83. The van der Waals surface area contributed by atoms with Gasteiger partial charge in [0.15, 0.2) is 0 Å². The lowest BCUT2D eigenvalue weighted by Crippen LogP contribution is -2.50. The molecule has 2 heterocycles. The largest absolute Gasteiger partial charge is 0.416 e. The van der Waals surface area contributed by atoms with Gasteiger partial charge >= 0.3 is 6.18 Å². The molecule has 0 radical (unpaired) electrons. The molecule has 1 saturated carbocycles. The zero-order valence-corrected chi connectivity index (χ0v) is 20.7. The van der Waals surface area contributed by atoms with Crippen LogP contribution in [0.3, 0.4) is 0 Å². The molecule has 2 aliphatic heterocycles. The molecule has 3 fully saturated rings. The maximum atomic E-state index is 14.9. The van der Waals surface area contributed by atoms with Gasteiger partial charge in [0.1, 0.15) is 11.9 Å². The lowest BCUT2D eigenvalue weighted by molar-refractivity contribution is -0.138. The second-order valence-corrected chi connectivity index (χ2v) is 10.6. The van der Waals surface area contributed by atoms with Gasteiger partial charge in [-0.1, -0.05) is 25.1 Å². The van der Waals surface area contributed by atoms with Gasteiger partial charge in [0, 0.05) is 23.6 Å². The average Bonchev–Trinajstić information content (AvgIpc) is 3.56. The number of carbonyl (C=O) groups excluding carboxylic acids is 2. The number of hydrogen-bond acceptors (Lipinski definition) is 4. The molecular weight excluding hydrogens is 502 g/mol. The van der Waals surface area contributed by atoms with E-state index in [2.05, 4.69) is 11.4 Å². The Morgan fingerprint density at radius 2 is 1.92 bits per heavy atom. The summed E-state index contributed by atoms with van der Waals surface area (Å²) in [4.78, 5) is 28.5. The first-order valence-corrected chi connectivity index (χ1v) is 12.6. The topological polar surface area (TPSA) is 82.4 Å². The first-order valence-electron chi connectivity index (χ1n) is 12.6. The number of nitrogens with zero attached hydrogens (tertiary/aromatic N) is 2. The number of benzene rings is 2. The fourth-order valence-corrected chi connectivity index (χ4v) is 5.33. The smallest absolute Gasteiger partial charge is 0.381 e. The number of hydrogen-bond donors (Lipinski definition) is 1. The van der Waals surface area contributed by atoms with Crippen molar-refractivity contribution in [2.75, 3.05) is 19.8 Å². The number of ether oxygens (including phenoxy) is 1. The monoisotopic (exact) mass is 529 g/mol. The van der Waals surface area contributed by atoms with Crippen molar-refractivity contribution in [3.8, 4) is 6.07 Å². The van der Waals surface area contributed by atoms with Gasteiger partial charge in [-0.2, -0.15) is 18.4 Å². The average molecular weight is 530 g/mol. The summed E-state index contributed by atoms with van der Waals surface area (Å²) in [5, 5.41) is 12.3. The van der Waals surface area contributed by atoms with Crippen LogP contribution in [0.1, 0.15) is 59.3 Å². The van der Waals surface area contributed by atoms with Crippen LogP contribution >= 0.6 is 0 Å². The van der Waals surface area contributed by atoms with Gasteiger partial charge < -0.3 is 15.0 Å². The van der Waals surface area contributed by atoms with Crippen LogP contribution in [0.5, 0.6) is 0 Å². The fourth-order valence-electron chi connectivity index (χ4n) is 5.33. The van der Waals surface area contributed by atoms with Crippen LogP contribution in [-0.2, 0) is 21.1 Å². The standard InChI is InChI=1S/C28H27F4N3O3/c1-16-9-23(35(12-16)26(37)17-3-2-4-19(10-17)27(15-33)7-8-27)25(36)34-24(18-13-38-14-18)21-6-5-20(11-22(21)29)28(30,31)32/h2-6,10-11,16,18,23-24H,7-9,12-14H2,1H3,(H,34,36)/t16-,23-,24-/m1/s1. The normalized spacial score (nSPS) is 23.3. The molecule has 5 rings (SSSR count). The van der Waals surface area contributed by atoms with Crippen LogP contribution in [-0.4, -0.2) is 42.5 Å². The van der Waals surface area contributed by atoms with Crippen LogP contribution < -0.4 is 5.32 Å². The lowest BCUT2D eigenvalue weighted by Gasteiger charge is -2.36. The van der Waals surface area contributed by atoms with Gasteiger partial charge in [-0.05, 0) is 55.0 Å². The highest BCUT2D eigenvalue weighted by Crippen LogP contribution is 2.47. The van der Waals surface area contributed by atoms with Gasteiger partial charge in [0.05, 0.1) is 36.3 Å². The molecule has 3 aliphatic rings. The van der Waals surface area contributed by atoms with Crippen molar-refractivity contribution in [1.29, 1.82) is 5.26 Å². The van der Waals surface area contributed by atoms with E-state index in [9.17, 15) is 32.4 Å². The van der Waals surface area contributed by atoms with E-state index < -0.39 is 41.0 Å². The molecule has 0 aromatic heterocycles. The van der Waals surface area contributed by atoms with E-state index in [-0.39, 0.29) is 36.5 Å². The molecule has 0 unspecified atom stereocenters. The third kappa shape index (κ3) is 4.87. The van der Waals surface area contributed by atoms with E-state index in [0.29, 0.717) is 24.6 Å². The van der Waals surface area contributed by atoms with Crippen molar-refractivity contribution in [3.63, 3.8) is 0 Å². The molecule has 1 N–H and O–H groups in total. The number of rotatable bonds is 6. The van der Waals surface area contributed by atoms with E-state index in [0.717, 1.165) is 30.5 Å². The van der Waals surface area contributed by atoms with Crippen molar-refractivity contribution in [3.05, 3.63) is 70.5 Å². The lowest BCUT2D eigenvalue weighted by atomic mass is 9.90. The first-order chi connectivity index (χ1) is 18.0. The second kappa shape index (κ2) is 9.70. The minimum atomic E-state index is -4.69. The molecule has 200 valence electrons. The summed E-state index contributed by atoms with van der Waals surface area (Å²) in [5.41, 5.74) is -0.561. The maximum Gasteiger partial charge on any atom is 0.416 e. The van der Waals surface area contributed by atoms with Gasteiger partial charge in [-0.25, -0.2) is 4.39 Å². The fraction of sp³-hybridized carbons (Fsp3) is 0.464. The molecule has 2 aromatic rings. The minimum absolute atomic E-state index is 0.0278. The molecule has 2 aromatic carbocycles. The molecule has 0 bridgehead atoms. The summed E-state index contributed by atoms with van der Waals surface area (Å²) in [5.74, 6) is -2.18. The van der Waals surface area contributed by atoms with Crippen LogP contribution in [0, 0.1) is 29.0 Å². The predicted octanol–water partition coefficient (Wildman–Crippen LogP) is 4.75. The van der Waals surface area contributed by atoms with E-state index >= 15 is 0 Å². The van der Waals surface area contributed by atoms with E-state index in [1.165, 1.54) is 4.90 Å². The summed E-state index contributed by atoms with van der Waals surface area (Å²) in [7, 11) is 0. The van der Waals surface area contributed by atoms with Crippen molar-refractivity contribution >= 4 is 11.8 Å². The van der Waals surface area contributed by atoms with Crippen molar-refractivity contribution in [2.24, 2.45) is 11.8 Å². The highest BCUT2D eigenvalue weighted by molar-refractivity contribution is 5.98. The number of likely N-dealkylation sites (tertiary alicyclic amines) is 1. The maximum absolute atomic E-state index is 14.9. The van der Waals surface area contributed by atoms with E-state index in [4.69, 9.17) is 4.74 Å². The second-order valence-electron chi connectivity index (χ2n) is 10.6. The number of carbonyl (C=O) groups is 2. The SMILES string of the molecule is C[C@@H]1C[C@H](C(=O)N[C@@H](c2ccc(C(F)(F)F)cc2F)C2COC2)N(C(=O)c2cccc(C3(C#N)CC3)c2)C1. The predicted molar refractivity (Wildman–Crippen MR) is 128 cm³/mol. The van der Waals surface area contributed by atoms with Gasteiger partial charge in [0.25, 0.3) is 5.91 Å². The van der Waals surface area contributed by atoms with Crippen molar-refractivity contribution < 1.29 is 31.9 Å². The first kappa shape index (κ1) is 26.2. The van der Waals surface area contributed by atoms with Crippen LogP contribution in [0.4, 0.5) is 17.6 Å². The molecule has 0 spiro atoms. The van der Waals surface area contributed by atoms with Crippen molar-refractivity contribution in [2.45, 2.75) is 49.9 Å². The Balaban J connectivity index is 1.37. The zero-order valence-electron chi connectivity index (χ0n) is 20.7. The van der Waals surface area contributed by atoms with Crippen molar-refractivity contribution in [1.82, 2.24) is 10.2 Å². The van der Waals surface area contributed by atoms with E-state index in [1.54, 1.807) is 18.2 Å². The van der Waals surface area contributed by atoms with Crippen LogP contribution in [0.2, 0.25) is 0 Å². The molecule has 10 heteroatoms. The Bertz CT molecular complexity index is 1300. The molecule has 38 heavy (non-hydrogen) atoms. The summed E-state index contributed by atoms with van der Waals surface area (Å²) < 4.78 is 59.2. The molecule has 2 saturated heterocycles. The Labute approximate surface area is 217 Å². The molecule has 1 aliphatic carbocycles. The van der Waals surface area contributed by atoms with Crippen LogP contribution in [0.15, 0.2) is 42.5 Å². The number of alkyl halides is 3.